The molecule has 0 saturated carbocycles. The zero-order valence-electron chi connectivity index (χ0n) is 8.51. The van der Waals surface area contributed by atoms with Gasteiger partial charge >= 0.3 is 5.97 Å². The van der Waals surface area contributed by atoms with E-state index in [2.05, 4.69) is 5.92 Å². The Hall–Kier alpha value is -0.970. The van der Waals surface area contributed by atoms with Gasteiger partial charge in [-0.05, 0) is 26.2 Å². The van der Waals surface area contributed by atoms with Crippen LogP contribution in [0.1, 0.15) is 46.0 Å². The summed E-state index contributed by atoms with van der Waals surface area (Å²) in [6, 6.07) is 0. The third-order valence-corrected chi connectivity index (χ3v) is 1.72. The maximum Gasteiger partial charge on any atom is 0.306 e. The Morgan fingerprint density at radius 2 is 2.31 bits per heavy atom. The van der Waals surface area contributed by atoms with Gasteiger partial charge in [-0.1, -0.05) is 6.92 Å². The lowest BCUT2D eigenvalue weighted by Gasteiger charge is -2.11. The molecule has 0 radical (unpaired) electrons. The number of unbranched alkanes of at least 4 members (excludes halogenated alkanes) is 1. The van der Waals surface area contributed by atoms with Crippen LogP contribution in [0, 0.1) is 12.3 Å². The van der Waals surface area contributed by atoms with Crippen molar-refractivity contribution in [3.05, 3.63) is 0 Å². The second-order valence-electron chi connectivity index (χ2n) is 3.15. The highest BCUT2D eigenvalue weighted by Crippen LogP contribution is 2.05. The van der Waals surface area contributed by atoms with Crippen LogP contribution in [0.3, 0.4) is 0 Å². The van der Waals surface area contributed by atoms with Crippen LogP contribution in [-0.2, 0) is 9.53 Å². The van der Waals surface area contributed by atoms with E-state index in [1.54, 1.807) is 0 Å². The highest BCUT2D eigenvalue weighted by molar-refractivity contribution is 5.69. The fourth-order valence-corrected chi connectivity index (χ4v) is 1.04. The molecule has 13 heavy (non-hydrogen) atoms. The van der Waals surface area contributed by atoms with Crippen LogP contribution in [0.25, 0.3) is 0 Å². The van der Waals surface area contributed by atoms with Gasteiger partial charge in [-0.2, -0.15) is 0 Å². The molecule has 1 atom stereocenters. The lowest BCUT2D eigenvalue weighted by molar-refractivity contribution is -0.148. The van der Waals surface area contributed by atoms with Crippen molar-refractivity contribution in [2.24, 2.45) is 0 Å². The smallest absolute Gasteiger partial charge is 0.306 e. The highest BCUT2D eigenvalue weighted by atomic mass is 16.5. The van der Waals surface area contributed by atoms with Crippen LogP contribution >= 0.6 is 0 Å². The van der Waals surface area contributed by atoms with Gasteiger partial charge in [-0.3, -0.25) is 4.79 Å². The van der Waals surface area contributed by atoms with E-state index >= 15 is 0 Å². The van der Waals surface area contributed by atoms with Crippen molar-refractivity contribution in [3.8, 4) is 12.3 Å². The van der Waals surface area contributed by atoms with E-state index in [1.807, 2.05) is 13.8 Å². The molecule has 0 aliphatic heterocycles. The van der Waals surface area contributed by atoms with Gasteiger partial charge in [-0.15, -0.1) is 12.3 Å². The Morgan fingerprint density at radius 1 is 1.62 bits per heavy atom. The average Bonchev–Trinajstić information content (AvgIpc) is 2.05. The molecule has 74 valence electrons. The third kappa shape index (κ3) is 7.39. The number of carbonyl (C=O) groups excluding carboxylic acids is 1. The molecule has 0 rings (SSSR count). The molecular weight excluding hydrogens is 164 g/mol. The Kier molecular flexibility index (Phi) is 7.10. The first-order chi connectivity index (χ1) is 6.20. The molecule has 0 saturated heterocycles. The van der Waals surface area contributed by atoms with E-state index in [1.165, 1.54) is 0 Å². The van der Waals surface area contributed by atoms with E-state index in [4.69, 9.17) is 11.2 Å². The van der Waals surface area contributed by atoms with Crippen molar-refractivity contribution in [1.82, 2.24) is 0 Å². The summed E-state index contributed by atoms with van der Waals surface area (Å²) in [5, 5.41) is 0. The first-order valence-electron chi connectivity index (χ1n) is 4.83. The number of ether oxygens (including phenoxy) is 1. The van der Waals surface area contributed by atoms with Crippen molar-refractivity contribution in [2.45, 2.75) is 52.1 Å². The Labute approximate surface area is 80.7 Å². The van der Waals surface area contributed by atoms with Gasteiger partial charge in [0, 0.05) is 12.8 Å². The maximum atomic E-state index is 11.0. The summed E-state index contributed by atoms with van der Waals surface area (Å²) in [5.74, 6) is 2.46. The lowest BCUT2D eigenvalue weighted by Crippen LogP contribution is -2.14. The first kappa shape index (κ1) is 12.0. The molecule has 0 aromatic carbocycles. The first-order valence-corrected chi connectivity index (χ1v) is 4.83. The summed E-state index contributed by atoms with van der Waals surface area (Å²) in [6.07, 6.45) is 9.02. The van der Waals surface area contributed by atoms with E-state index in [0.717, 1.165) is 25.7 Å². The third-order valence-electron chi connectivity index (χ3n) is 1.72. The minimum atomic E-state index is -0.101. The van der Waals surface area contributed by atoms with Gasteiger partial charge in [-0.25, -0.2) is 0 Å². The van der Waals surface area contributed by atoms with E-state index < -0.39 is 0 Å². The summed E-state index contributed by atoms with van der Waals surface area (Å²) in [7, 11) is 0. The van der Waals surface area contributed by atoms with Crippen molar-refractivity contribution < 1.29 is 9.53 Å². The molecule has 0 bridgehead atoms. The maximum absolute atomic E-state index is 11.0. The average molecular weight is 182 g/mol. The number of terminal acetylenes is 1. The number of carbonyl (C=O) groups is 1. The molecule has 0 aliphatic rings. The Balaban J connectivity index is 3.44. The molecule has 0 heterocycles. The van der Waals surface area contributed by atoms with Crippen LogP contribution < -0.4 is 0 Å². The van der Waals surface area contributed by atoms with E-state index in [0.29, 0.717) is 6.42 Å². The molecule has 0 aliphatic carbocycles. The quantitative estimate of drug-likeness (QED) is 0.358. The standard InChI is InChI=1S/C11H18O2/c1-4-6-7-9-10(3)13-11(12)8-5-2/h1,10H,5-9H2,2-3H3. The second-order valence-corrected chi connectivity index (χ2v) is 3.15. The van der Waals surface area contributed by atoms with Crippen molar-refractivity contribution >= 4 is 5.97 Å². The zero-order chi connectivity index (χ0) is 10.1. The summed E-state index contributed by atoms with van der Waals surface area (Å²) < 4.78 is 5.13. The minimum absolute atomic E-state index is 0.00685. The largest absolute Gasteiger partial charge is 0.463 e. The predicted octanol–water partition coefficient (Wildman–Crippen LogP) is 2.52. The van der Waals surface area contributed by atoms with E-state index in [-0.39, 0.29) is 12.1 Å². The summed E-state index contributed by atoms with van der Waals surface area (Å²) in [6.45, 7) is 3.87. The van der Waals surface area contributed by atoms with Crippen LogP contribution in [0.4, 0.5) is 0 Å². The van der Waals surface area contributed by atoms with Crippen molar-refractivity contribution in [2.75, 3.05) is 0 Å². The van der Waals surface area contributed by atoms with Crippen LogP contribution in [-0.4, -0.2) is 12.1 Å². The summed E-state index contributed by atoms with van der Waals surface area (Å²) >= 11 is 0. The normalized spacial score (nSPS) is 11.8. The van der Waals surface area contributed by atoms with Gasteiger partial charge in [0.05, 0.1) is 6.10 Å². The molecular formula is C11H18O2. The zero-order valence-corrected chi connectivity index (χ0v) is 8.51. The molecule has 1 unspecified atom stereocenters. The van der Waals surface area contributed by atoms with E-state index in [9.17, 15) is 4.79 Å². The SMILES string of the molecule is C#CCCCC(C)OC(=O)CCC. The summed E-state index contributed by atoms with van der Waals surface area (Å²) in [4.78, 5) is 11.0. The monoisotopic (exact) mass is 182 g/mol. The van der Waals surface area contributed by atoms with Crippen LogP contribution in [0.15, 0.2) is 0 Å². The van der Waals surface area contributed by atoms with Gasteiger partial charge in [0.25, 0.3) is 0 Å². The van der Waals surface area contributed by atoms with Gasteiger partial charge in [0.15, 0.2) is 0 Å². The molecule has 0 amide bonds. The molecule has 0 spiro atoms. The number of hydrogen-bond acceptors (Lipinski definition) is 2. The molecule has 2 nitrogen and oxygen atoms in total. The molecule has 0 fully saturated rings. The predicted molar refractivity (Wildman–Crippen MR) is 53.1 cm³/mol. The highest BCUT2D eigenvalue weighted by Gasteiger charge is 2.07. The topological polar surface area (TPSA) is 26.3 Å². The Bertz CT molecular complexity index is 179. The second kappa shape index (κ2) is 7.67. The molecule has 0 aromatic heterocycles. The molecule has 0 aromatic rings. The minimum Gasteiger partial charge on any atom is -0.463 e. The fourth-order valence-electron chi connectivity index (χ4n) is 1.04. The number of esters is 1. The number of rotatable bonds is 6. The molecule has 2 heteroatoms. The fraction of sp³-hybridized carbons (Fsp3) is 0.727. The molecule has 0 N–H and O–H groups in total. The van der Waals surface area contributed by atoms with Gasteiger partial charge in [0.1, 0.15) is 0 Å². The van der Waals surface area contributed by atoms with Crippen LogP contribution in [0.5, 0.6) is 0 Å². The summed E-state index contributed by atoms with van der Waals surface area (Å²) in [5.41, 5.74) is 0. The van der Waals surface area contributed by atoms with Crippen molar-refractivity contribution in [3.63, 3.8) is 0 Å². The lowest BCUT2D eigenvalue weighted by atomic mass is 10.2. The van der Waals surface area contributed by atoms with Crippen molar-refractivity contribution in [1.29, 1.82) is 0 Å². The van der Waals surface area contributed by atoms with Gasteiger partial charge in [0.2, 0.25) is 0 Å². The van der Waals surface area contributed by atoms with Gasteiger partial charge < -0.3 is 4.74 Å². The number of hydrogen-bond donors (Lipinski definition) is 0. The van der Waals surface area contributed by atoms with Crippen LogP contribution in [0.2, 0.25) is 0 Å². The Morgan fingerprint density at radius 3 is 2.85 bits per heavy atom.